The molecule has 27 heavy (non-hydrogen) atoms. The van der Waals surface area contributed by atoms with E-state index in [4.69, 9.17) is 19.6 Å². The van der Waals surface area contributed by atoms with Gasteiger partial charge in [-0.2, -0.15) is 5.10 Å². The highest BCUT2D eigenvalue weighted by molar-refractivity contribution is 5.53. The van der Waals surface area contributed by atoms with E-state index in [9.17, 15) is 0 Å². The highest BCUT2D eigenvalue weighted by Gasteiger charge is 2.24. The Morgan fingerprint density at radius 1 is 1.15 bits per heavy atom. The first-order chi connectivity index (χ1) is 13.3. The molecule has 1 unspecified atom stereocenters. The Balaban J connectivity index is 1.48. The van der Waals surface area contributed by atoms with Gasteiger partial charge >= 0.3 is 0 Å². The maximum atomic E-state index is 5.99. The van der Waals surface area contributed by atoms with Gasteiger partial charge in [0.25, 0.3) is 0 Å². The molecule has 0 amide bonds. The third-order valence-electron chi connectivity index (χ3n) is 5.48. The number of nitrogens with zero attached hydrogens (tertiary/aromatic N) is 5. The van der Waals surface area contributed by atoms with E-state index >= 15 is 0 Å². The molecule has 0 aliphatic carbocycles. The van der Waals surface area contributed by atoms with Crippen molar-refractivity contribution in [2.75, 3.05) is 33.4 Å². The molecule has 2 saturated heterocycles. The van der Waals surface area contributed by atoms with Crippen LogP contribution in [0.2, 0.25) is 0 Å². The molecule has 0 aromatic carbocycles. The van der Waals surface area contributed by atoms with Gasteiger partial charge in [-0.3, -0.25) is 4.98 Å². The van der Waals surface area contributed by atoms with E-state index in [1.165, 1.54) is 6.42 Å². The Hall–Kier alpha value is -1.83. The van der Waals surface area contributed by atoms with Gasteiger partial charge in [-0.1, -0.05) is 0 Å². The zero-order valence-corrected chi connectivity index (χ0v) is 16.1. The Morgan fingerprint density at radius 3 is 2.70 bits per heavy atom. The summed E-state index contributed by atoms with van der Waals surface area (Å²) in [5, 5.41) is 4.84. The molecule has 1 atom stereocenters. The summed E-state index contributed by atoms with van der Waals surface area (Å²) in [6.45, 7) is 4.14. The van der Waals surface area contributed by atoms with Crippen LogP contribution in [-0.4, -0.2) is 64.1 Å². The van der Waals surface area contributed by atoms with Crippen LogP contribution in [0.3, 0.4) is 0 Å². The lowest BCUT2D eigenvalue weighted by atomic mass is 10.1. The zero-order chi connectivity index (χ0) is 18.5. The standard InChI is InChI=1S/C20H29N5O2/c1-24-11-7-17(8-12-24)25-19(15-26-14-18-4-2-3-13-27-18)22-20(23-25)16-5-9-21-10-6-16/h5-6,9-10,17-18H,2-4,7-8,11-15H2,1H3. The van der Waals surface area contributed by atoms with Crippen molar-refractivity contribution in [3.8, 4) is 11.4 Å². The molecule has 2 aromatic heterocycles. The number of aromatic nitrogens is 4. The van der Waals surface area contributed by atoms with Crippen molar-refractivity contribution in [3.05, 3.63) is 30.4 Å². The molecule has 7 heteroatoms. The zero-order valence-electron chi connectivity index (χ0n) is 16.1. The summed E-state index contributed by atoms with van der Waals surface area (Å²) in [6, 6.07) is 4.29. The number of hydrogen-bond acceptors (Lipinski definition) is 6. The molecule has 0 radical (unpaired) electrons. The second-order valence-electron chi connectivity index (χ2n) is 7.57. The molecular formula is C20H29N5O2. The lowest BCUT2D eigenvalue weighted by molar-refractivity contribution is -0.0466. The van der Waals surface area contributed by atoms with Gasteiger partial charge in [0.1, 0.15) is 6.61 Å². The lowest BCUT2D eigenvalue weighted by Gasteiger charge is -2.29. The van der Waals surface area contributed by atoms with E-state index in [0.29, 0.717) is 19.3 Å². The minimum atomic E-state index is 0.220. The van der Waals surface area contributed by atoms with Crippen molar-refractivity contribution < 1.29 is 9.47 Å². The first-order valence-corrected chi connectivity index (χ1v) is 10.0. The third-order valence-corrected chi connectivity index (χ3v) is 5.48. The minimum absolute atomic E-state index is 0.220. The first-order valence-electron chi connectivity index (χ1n) is 10.0. The highest BCUT2D eigenvalue weighted by atomic mass is 16.5. The number of ether oxygens (including phenoxy) is 2. The molecule has 146 valence electrons. The average molecular weight is 371 g/mol. The smallest absolute Gasteiger partial charge is 0.181 e. The molecule has 0 N–H and O–H groups in total. The number of piperidine rings is 1. The quantitative estimate of drug-likeness (QED) is 0.778. The predicted molar refractivity (Wildman–Crippen MR) is 102 cm³/mol. The van der Waals surface area contributed by atoms with Gasteiger partial charge < -0.3 is 14.4 Å². The second-order valence-corrected chi connectivity index (χ2v) is 7.57. The first kappa shape index (κ1) is 18.5. The Labute approximate surface area is 160 Å². The van der Waals surface area contributed by atoms with Crippen molar-refractivity contribution in [2.24, 2.45) is 0 Å². The van der Waals surface area contributed by atoms with Gasteiger partial charge in [0, 0.05) is 24.6 Å². The third kappa shape index (κ3) is 4.72. The molecular weight excluding hydrogens is 342 g/mol. The topological polar surface area (TPSA) is 65.3 Å². The van der Waals surface area contributed by atoms with Crippen LogP contribution in [0.25, 0.3) is 11.4 Å². The molecule has 4 rings (SSSR count). The fourth-order valence-electron chi connectivity index (χ4n) is 3.83. The normalized spacial score (nSPS) is 22.2. The van der Waals surface area contributed by atoms with Crippen molar-refractivity contribution in [3.63, 3.8) is 0 Å². The maximum absolute atomic E-state index is 5.99. The van der Waals surface area contributed by atoms with Crippen LogP contribution in [0.4, 0.5) is 0 Å². The van der Waals surface area contributed by atoms with Crippen LogP contribution in [0, 0.1) is 0 Å². The van der Waals surface area contributed by atoms with Crippen LogP contribution in [0.15, 0.2) is 24.5 Å². The van der Waals surface area contributed by atoms with Crippen molar-refractivity contribution in [1.29, 1.82) is 0 Å². The number of pyridine rings is 1. The second kappa shape index (κ2) is 8.91. The molecule has 7 nitrogen and oxygen atoms in total. The fourth-order valence-corrected chi connectivity index (χ4v) is 3.83. The van der Waals surface area contributed by atoms with Crippen molar-refractivity contribution in [1.82, 2.24) is 24.6 Å². The van der Waals surface area contributed by atoms with Crippen LogP contribution in [0.1, 0.15) is 44.0 Å². The van der Waals surface area contributed by atoms with Crippen molar-refractivity contribution >= 4 is 0 Å². The summed E-state index contributed by atoms with van der Waals surface area (Å²) < 4.78 is 13.9. The summed E-state index contributed by atoms with van der Waals surface area (Å²) in [7, 11) is 2.17. The molecule has 2 aromatic rings. The Morgan fingerprint density at radius 2 is 1.96 bits per heavy atom. The number of rotatable bonds is 6. The molecule has 0 saturated carbocycles. The van der Waals surface area contributed by atoms with Gasteiger partial charge in [0.15, 0.2) is 11.6 Å². The number of likely N-dealkylation sites (tertiary alicyclic amines) is 1. The highest BCUT2D eigenvalue weighted by Crippen LogP contribution is 2.25. The van der Waals surface area contributed by atoms with E-state index in [-0.39, 0.29) is 6.10 Å². The fraction of sp³-hybridized carbons (Fsp3) is 0.650. The monoisotopic (exact) mass is 371 g/mol. The molecule has 0 spiro atoms. The molecule has 2 fully saturated rings. The molecule has 2 aliphatic rings. The van der Waals surface area contributed by atoms with E-state index in [2.05, 4.69) is 21.6 Å². The Bertz CT molecular complexity index is 706. The van der Waals surface area contributed by atoms with Crippen LogP contribution < -0.4 is 0 Å². The van der Waals surface area contributed by atoms with E-state index in [1.807, 2.05) is 12.1 Å². The minimum Gasteiger partial charge on any atom is -0.376 e. The summed E-state index contributed by atoms with van der Waals surface area (Å²) >= 11 is 0. The molecule has 2 aliphatic heterocycles. The van der Waals surface area contributed by atoms with Crippen LogP contribution >= 0.6 is 0 Å². The van der Waals surface area contributed by atoms with Gasteiger partial charge in [0.05, 0.1) is 18.8 Å². The lowest BCUT2D eigenvalue weighted by Crippen LogP contribution is -2.32. The van der Waals surface area contributed by atoms with Gasteiger partial charge in [-0.15, -0.1) is 0 Å². The number of hydrogen-bond donors (Lipinski definition) is 0. The summed E-state index contributed by atoms with van der Waals surface area (Å²) in [5.41, 5.74) is 0.994. The van der Waals surface area contributed by atoms with Crippen LogP contribution in [-0.2, 0) is 16.1 Å². The summed E-state index contributed by atoms with van der Waals surface area (Å²) in [6.07, 6.45) is 9.44. The SMILES string of the molecule is CN1CCC(n2nc(-c3ccncc3)nc2COCC2CCCCO2)CC1. The maximum Gasteiger partial charge on any atom is 0.181 e. The van der Waals surface area contributed by atoms with E-state index < -0.39 is 0 Å². The van der Waals surface area contributed by atoms with Crippen LogP contribution in [0.5, 0.6) is 0 Å². The van der Waals surface area contributed by atoms with Crippen molar-refractivity contribution in [2.45, 2.75) is 50.9 Å². The summed E-state index contributed by atoms with van der Waals surface area (Å²) in [5.74, 6) is 1.66. The Kier molecular flexibility index (Phi) is 6.11. The van der Waals surface area contributed by atoms with Gasteiger partial charge in [-0.05, 0) is 64.4 Å². The predicted octanol–water partition coefficient (Wildman–Crippen LogP) is 2.69. The van der Waals surface area contributed by atoms with E-state index in [0.717, 1.165) is 62.6 Å². The largest absolute Gasteiger partial charge is 0.376 e. The molecule has 0 bridgehead atoms. The molecule has 4 heterocycles. The summed E-state index contributed by atoms with van der Waals surface area (Å²) in [4.78, 5) is 11.3. The van der Waals surface area contributed by atoms with Gasteiger partial charge in [0.2, 0.25) is 0 Å². The van der Waals surface area contributed by atoms with E-state index in [1.54, 1.807) is 12.4 Å². The van der Waals surface area contributed by atoms with Gasteiger partial charge in [-0.25, -0.2) is 9.67 Å². The average Bonchev–Trinajstić information content (AvgIpc) is 3.14.